The van der Waals surface area contributed by atoms with Crippen LogP contribution >= 0.6 is 22.9 Å². The molecule has 0 fully saturated rings. The molecular weight excluding hydrogens is 268 g/mol. The Bertz CT molecular complexity index is 482. The van der Waals surface area contributed by atoms with E-state index >= 15 is 0 Å². The maximum Gasteiger partial charge on any atom is 0.129 e. The lowest BCUT2D eigenvalue weighted by Crippen LogP contribution is -2.34. The van der Waals surface area contributed by atoms with E-state index in [1.165, 1.54) is 0 Å². The number of thiophene rings is 1. The van der Waals surface area contributed by atoms with Crippen LogP contribution in [0.15, 0.2) is 35.2 Å². The van der Waals surface area contributed by atoms with Crippen molar-refractivity contribution in [2.24, 2.45) is 0 Å². The van der Waals surface area contributed by atoms with Crippen LogP contribution in [0.25, 0.3) is 0 Å². The van der Waals surface area contributed by atoms with Gasteiger partial charge >= 0.3 is 0 Å². The number of aromatic nitrogens is 1. The second kappa shape index (κ2) is 5.80. The molecule has 18 heavy (non-hydrogen) atoms. The number of aliphatic hydroxyl groups is 1. The van der Waals surface area contributed by atoms with Crippen molar-refractivity contribution in [1.29, 1.82) is 0 Å². The number of hydrogen-bond donors (Lipinski definition) is 2. The van der Waals surface area contributed by atoms with Crippen molar-refractivity contribution in [3.05, 3.63) is 51.4 Å². The fraction of sp³-hybridized carbons (Fsp3) is 0.308. The summed E-state index contributed by atoms with van der Waals surface area (Å²) in [4.78, 5) is 4.01. The zero-order valence-corrected chi connectivity index (χ0v) is 11.6. The van der Waals surface area contributed by atoms with Gasteiger partial charge in [-0.15, -0.1) is 0 Å². The predicted octanol–water partition coefficient (Wildman–Crippen LogP) is 2.79. The first-order valence-corrected chi connectivity index (χ1v) is 6.96. The number of nitrogens with one attached hydrogen (secondary N) is 1. The molecule has 0 aliphatic heterocycles. The SMILES string of the molecule is CC(O)(CNCc1ccc(Cl)nc1)c1ccsc1. The summed E-state index contributed by atoms with van der Waals surface area (Å²) in [5.41, 5.74) is 1.13. The van der Waals surface area contributed by atoms with Gasteiger partial charge in [-0.2, -0.15) is 11.3 Å². The smallest absolute Gasteiger partial charge is 0.129 e. The normalized spacial score (nSPS) is 14.4. The van der Waals surface area contributed by atoms with Gasteiger partial charge in [0.1, 0.15) is 5.15 Å². The Kier molecular flexibility index (Phi) is 4.35. The van der Waals surface area contributed by atoms with Crippen molar-refractivity contribution in [2.75, 3.05) is 6.54 Å². The molecule has 0 saturated carbocycles. The van der Waals surface area contributed by atoms with Gasteiger partial charge in [0.25, 0.3) is 0 Å². The third-order valence-electron chi connectivity index (χ3n) is 2.73. The van der Waals surface area contributed by atoms with E-state index in [2.05, 4.69) is 10.3 Å². The molecule has 5 heteroatoms. The molecule has 0 aliphatic rings. The highest BCUT2D eigenvalue weighted by Crippen LogP contribution is 2.22. The topological polar surface area (TPSA) is 45.1 Å². The zero-order valence-electron chi connectivity index (χ0n) is 10.1. The van der Waals surface area contributed by atoms with Crippen molar-refractivity contribution in [3.63, 3.8) is 0 Å². The first-order valence-electron chi connectivity index (χ1n) is 5.64. The van der Waals surface area contributed by atoms with Gasteiger partial charge in [-0.1, -0.05) is 17.7 Å². The largest absolute Gasteiger partial charge is 0.384 e. The van der Waals surface area contributed by atoms with Crippen LogP contribution < -0.4 is 5.32 Å². The van der Waals surface area contributed by atoms with Gasteiger partial charge < -0.3 is 10.4 Å². The van der Waals surface area contributed by atoms with Crippen molar-refractivity contribution >= 4 is 22.9 Å². The number of nitrogens with zero attached hydrogens (tertiary/aromatic N) is 1. The monoisotopic (exact) mass is 282 g/mol. The minimum Gasteiger partial charge on any atom is -0.384 e. The number of halogens is 1. The first-order chi connectivity index (χ1) is 8.58. The molecule has 96 valence electrons. The maximum atomic E-state index is 10.3. The van der Waals surface area contributed by atoms with E-state index in [1.54, 1.807) is 23.6 Å². The molecule has 0 bridgehead atoms. The molecule has 1 unspecified atom stereocenters. The van der Waals surface area contributed by atoms with Gasteiger partial charge in [0.2, 0.25) is 0 Å². The summed E-state index contributed by atoms with van der Waals surface area (Å²) >= 11 is 7.30. The second-order valence-electron chi connectivity index (χ2n) is 4.38. The lowest BCUT2D eigenvalue weighted by atomic mass is 9.99. The summed E-state index contributed by atoms with van der Waals surface area (Å²) in [6, 6.07) is 5.62. The minimum absolute atomic E-state index is 0.490. The Hall–Kier alpha value is -0.940. The van der Waals surface area contributed by atoms with Crippen molar-refractivity contribution in [2.45, 2.75) is 19.1 Å². The fourth-order valence-corrected chi connectivity index (χ4v) is 2.53. The van der Waals surface area contributed by atoms with Crippen molar-refractivity contribution in [1.82, 2.24) is 10.3 Å². The van der Waals surface area contributed by atoms with E-state index in [1.807, 2.05) is 29.8 Å². The van der Waals surface area contributed by atoms with Crippen LogP contribution in [-0.2, 0) is 12.1 Å². The fourth-order valence-electron chi connectivity index (χ4n) is 1.63. The lowest BCUT2D eigenvalue weighted by molar-refractivity contribution is 0.0571. The summed E-state index contributed by atoms with van der Waals surface area (Å²) in [6.07, 6.45) is 1.73. The standard InChI is InChI=1S/C13H15ClN2OS/c1-13(17,11-4-5-18-8-11)9-15-6-10-2-3-12(14)16-7-10/h2-5,7-8,15,17H,6,9H2,1H3. The highest BCUT2D eigenvalue weighted by atomic mass is 35.5. The van der Waals surface area contributed by atoms with Gasteiger partial charge in [-0.05, 0) is 40.9 Å². The molecule has 0 aliphatic carbocycles. The van der Waals surface area contributed by atoms with E-state index in [0.29, 0.717) is 18.2 Å². The molecule has 2 aromatic rings. The predicted molar refractivity (Wildman–Crippen MR) is 74.8 cm³/mol. The Balaban J connectivity index is 1.87. The molecule has 2 rings (SSSR count). The van der Waals surface area contributed by atoms with Crippen LogP contribution in [0.2, 0.25) is 5.15 Å². The third kappa shape index (κ3) is 3.53. The molecule has 2 aromatic heterocycles. The molecule has 2 heterocycles. The molecule has 0 aromatic carbocycles. The number of pyridine rings is 1. The Labute approximate surface area is 115 Å². The van der Waals surface area contributed by atoms with Crippen LogP contribution in [0, 0.1) is 0 Å². The summed E-state index contributed by atoms with van der Waals surface area (Å²) in [5, 5.41) is 17.9. The van der Waals surface area contributed by atoms with Crippen LogP contribution in [0.3, 0.4) is 0 Å². The summed E-state index contributed by atoms with van der Waals surface area (Å²) in [7, 11) is 0. The third-order valence-corrected chi connectivity index (χ3v) is 3.64. The molecular formula is C13H15ClN2OS. The number of rotatable bonds is 5. The second-order valence-corrected chi connectivity index (χ2v) is 5.55. The van der Waals surface area contributed by atoms with E-state index in [4.69, 9.17) is 11.6 Å². The van der Waals surface area contributed by atoms with E-state index in [0.717, 1.165) is 11.1 Å². The summed E-state index contributed by atoms with van der Waals surface area (Å²) in [5.74, 6) is 0. The summed E-state index contributed by atoms with van der Waals surface area (Å²) < 4.78 is 0. The average molecular weight is 283 g/mol. The van der Waals surface area contributed by atoms with Crippen LogP contribution in [0.4, 0.5) is 0 Å². The minimum atomic E-state index is -0.847. The molecule has 3 nitrogen and oxygen atoms in total. The average Bonchev–Trinajstić information content (AvgIpc) is 2.86. The molecule has 1 atom stereocenters. The van der Waals surface area contributed by atoms with Crippen LogP contribution in [0.1, 0.15) is 18.1 Å². The van der Waals surface area contributed by atoms with Crippen LogP contribution in [-0.4, -0.2) is 16.6 Å². The lowest BCUT2D eigenvalue weighted by Gasteiger charge is -2.22. The molecule has 0 amide bonds. The highest BCUT2D eigenvalue weighted by molar-refractivity contribution is 7.08. The number of hydrogen-bond acceptors (Lipinski definition) is 4. The van der Waals surface area contributed by atoms with Crippen molar-refractivity contribution in [3.8, 4) is 0 Å². The van der Waals surface area contributed by atoms with Gasteiger partial charge in [0.15, 0.2) is 0 Å². The van der Waals surface area contributed by atoms with Crippen molar-refractivity contribution < 1.29 is 5.11 Å². The Morgan fingerprint density at radius 1 is 1.44 bits per heavy atom. The van der Waals surface area contributed by atoms with Gasteiger partial charge in [0, 0.05) is 19.3 Å². The Morgan fingerprint density at radius 2 is 2.28 bits per heavy atom. The Morgan fingerprint density at radius 3 is 2.89 bits per heavy atom. The van der Waals surface area contributed by atoms with E-state index in [-0.39, 0.29) is 0 Å². The quantitative estimate of drug-likeness (QED) is 0.829. The van der Waals surface area contributed by atoms with Gasteiger partial charge in [0.05, 0.1) is 5.60 Å². The highest BCUT2D eigenvalue weighted by Gasteiger charge is 2.22. The molecule has 2 N–H and O–H groups in total. The van der Waals surface area contributed by atoms with Gasteiger partial charge in [-0.25, -0.2) is 4.98 Å². The molecule has 0 radical (unpaired) electrons. The molecule has 0 saturated heterocycles. The molecule has 0 spiro atoms. The summed E-state index contributed by atoms with van der Waals surface area (Å²) in [6.45, 7) is 2.96. The maximum absolute atomic E-state index is 10.3. The van der Waals surface area contributed by atoms with E-state index < -0.39 is 5.60 Å². The first kappa shape index (κ1) is 13.5. The van der Waals surface area contributed by atoms with E-state index in [9.17, 15) is 5.11 Å². The zero-order chi connectivity index (χ0) is 13.0. The van der Waals surface area contributed by atoms with Gasteiger partial charge in [-0.3, -0.25) is 0 Å². The van der Waals surface area contributed by atoms with Crippen LogP contribution in [0.5, 0.6) is 0 Å².